The summed E-state index contributed by atoms with van der Waals surface area (Å²) in [5.41, 5.74) is 4.23. The van der Waals surface area contributed by atoms with Gasteiger partial charge >= 0.3 is 11.9 Å². The molecular formula is C28H32N6O4S2. The van der Waals surface area contributed by atoms with Gasteiger partial charge in [0, 0.05) is 37.0 Å². The van der Waals surface area contributed by atoms with Crippen LogP contribution < -0.4 is 20.4 Å². The van der Waals surface area contributed by atoms with Gasteiger partial charge in [-0.1, -0.05) is 35.7 Å². The van der Waals surface area contributed by atoms with Gasteiger partial charge in [0.25, 0.3) is 0 Å². The number of benzene rings is 2. The number of amidine groups is 2. The van der Waals surface area contributed by atoms with E-state index in [0.717, 1.165) is 32.3 Å². The van der Waals surface area contributed by atoms with Crippen LogP contribution in [-0.4, -0.2) is 86.8 Å². The monoisotopic (exact) mass is 580 g/mol. The molecular weight excluding hydrogens is 548 g/mol. The molecule has 0 aliphatic carbocycles. The van der Waals surface area contributed by atoms with Gasteiger partial charge in [-0.2, -0.15) is 0 Å². The van der Waals surface area contributed by atoms with Crippen LogP contribution in [0.15, 0.2) is 56.2 Å². The summed E-state index contributed by atoms with van der Waals surface area (Å²) in [5, 5.41) is 6.53. The molecule has 0 spiro atoms. The second kappa shape index (κ2) is 10.2. The average Bonchev–Trinajstić information content (AvgIpc) is 3.63. The zero-order valence-corrected chi connectivity index (χ0v) is 24.6. The van der Waals surface area contributed by atoms with Crippen LogP contribution in [0.25, 0.3) is 0 Å². The van der Waals surface area contributed by atoms with Gasteiger partial charge < -0.3 is 29.9 Å². The maximum Gasteiger partial charge on any atom is 0.419 e. The summed E-state index contributed by atoms with van der Waals surface area (Å²) in [6.45, 7) is 7.10. The highest BCUT2D eigenvalue weighted by Crippen LogP contribution is 2.48. The van der Waals surface area contributed by atoms with Crippen molar-refractivity contribution < 1.29 is 19.1 Å². The van der Waals surface area contributed by atoms with Gasteiger partial charge in [-0.05, 0) is 49.2 Å². The summed E-state index contributed by atoms with van der Waals surface area (Å²) in [7, 11) is 3.88. The van der Waals surface area contributed by atoms with E-state index in [-0.39, 0.29) is 0 Å². The van der Waals surface area contributed by atoms with E-state index in [1.54, 1.807) is 0 Å². The first-order chi connectivity index (χ1) is 19.2. The van der Waals surface area contributed by atoms with Crippen LogP contribution in [0.1, 0.15) is 11.1 Å². The highest BCUT2D eigenvalue weighted by atomic mass is 32.2. The molecule has 0 fully saturated rings. The number of rotatable bonds is 4. The Kier molecular flexibility index (Phi) is 6.86. The van der Waals surface area contributed by atoms with Crippen molar-refractivity contribution in [3.05, 3.63) is 47.5 Å². The molecule has 2 aromatic rings. The summed E-state index contributed by atoms with van der Waals surface area (Å²) in [5.74, 6) is -1.04. The van der Waals surface area contributed by atoms with E-state index >= 15 is 0 Å². The SMILES string of the molecule is Cc1ccc2c(c1)SC(OC(=O)C(=O)OC1(C3=NCCN3)CN(C)c3ccc(C)cc3S1)(C1=NCCN1)CN2C. The number of nitrogens with zero attached hydrogens (tertiary/aromatic N) is 4. The van der Waals surface area contributed by atoms with Crippen LogP contribution in [0, 0.1) is 13.8 Å². The molecule has 2 aromatic carbocycles. The van der Waals surface area contributed by atoms with Crippen LogP contribution >= 0.6 is 23.5 Å². The topological polar surface area (TPSA) is 108 Å². The molecule has 4 aliphatic rings. The van der Waals surface area contributed by atoms with Crippen LogP contribution in [0.3, 0.4) is 0 Å². The minimum Gasteiger partial charge on any atom is -0.429 e. The Hall–Kier alpha value is -3.38. The zero-order valence-electron chi connectivity index (χ0n) is 22.9. The van der Waals surface area contributed by atoms with E-state index in [0.29, 0.717) is 50.9 Å². The first-order valence-electron chi connectivity index (χ1n) is 13.2. The number of anilines is 2. The van der Waals surface area contributed by atoms with E-state index < -0.39 is 21.8 Å². The zero-order chi connectivity index (χ0) is 28.1. The molecule has 2 unspecified atom stereocenters. The molecule has 0 radical (unpaired) electrons. The molecule has 0 bridgehead atoms. The number of aliphatic imine (C=N–C) groups is 2. The molecule has 2 N–H and O–H groups in total. The van der Waals surface area contributed by atoms with Crippen molar-refractivity contribution in [1.82, 2.24) is 10.6 Å². The minimum atomic E-state index is -1.22. The van der Waals surface area contributed by atoms with Gasteiger partial charge in [-0.3, -0.25) is 9.98 Å². The van der Waals surface area contributed by atoms with Gasteiger partial charge in [-0.25, -0.2) is 9.59 Å². The third-order valence-corrected chi connectivity index (χ3v) is 9.81. The van der Waals surface area contributed by atoms with Crippen molar-refractivity contribution in [2.75, 3.05) is 63.2 Å². The molecule has 40 heavy (non-hydrogen) atoms. The number of carbonyl (C=O) groups excluding carboxylic acids is 2. The van der Waals surface area contributed by atoms with Crippen LogP contribution in [-0.2, 0) is 19.1 Å². The third kappa shape index (κ3) is 4.77. The lowest BCUT2D eigenvalue weighted by molar-refractivity contribution is -0.172. The molecule has 0 saturated heterocycles. The Morgan fingerprint density at radius 3 is 1.57 bits per heavy atom. The molecule has 4 heterocycles. The van der Waals surface area contributed by atoms with Crippen LogP contribution in [0.2, 0.25) is 0 Å². The Balaban J connectivity index is 1.30. The largest absolute Gasteiger partial charge is 0.429 e. The minimum absolute atomic E-state index is 0.322. The summed E-state index contributed by atoms with van der Waals surface area (Å²) >= 11 is 2.79. The quantitative estimate of drug-likeness (QED) is 0.414. The molecule has 12 heteroatoms. The van der Waals surface area contributed by atoms with Gasteiger partial charge in [-0.15, -0.1) is 0 Å². The molecule has 0 amide bonds. The molecule has 210 valence electrons. The number of esters is 2. The number of fused-ring (bicyclic) bond motifs is 2. The number of hydrogen-bond acceptors (Lipinski definition) is 12. The number of thioether (sulfide) groups is 2. The molecule has 4 aliphatic heterocycles. The number of carbonyl (C=O) groups is 2. The van der Waals surface area contributed by atoms with Crippen molar-refractivity contribution in [2.45, 2.75) is 33.5 Å². The Morgan fingerprint density at radius 2 is 1.20 bits per heavy atom. The third-order valence-electron chi connectivity index (χ3n) is 7.25. The van der Waals surface area contributed by atoms with E-state index in [1.165, 1.54) is 23.5 Å². The standard InChI is InChI=1S/C28H32N6O4S2/c1-17-5-7-19-21(13-17)39-27(15-33(19)3,25-29-9-10-30-25)37-23(35)24(36)38-28(26-31-11-12-32-26)16-34(4)20-8-6-18(2)14-22(20)40-28/h5-8,13-14H,9-12,15-16H2,1-4H3,(H,29,30)(H,31,32). The number of likely N-dealkylation sites (N-methyl/N-ethyl adjacent to an activating group) is 2. The first-order valence-corrected chi connectivity index (χ1v) is 14.9. The smallest absolute Gasteiger partial charge is 0.419 e. The summed E-state index contributed by atoms with van der Waals surface area (Å²) in [6, 6.07) is 12.3. The maximum absolute atomic E-state index is 13.6. The van der Waals surface area contributed by atoms with E-state index in [9.17, 15) is 9.59 Å². The fourth-order valence-electron chi connectivity index (χ4n) is 5.39. The number of hydrogen-bond donors (Lipinski definition) is 2. The lowest BCUT2D eigenvalue weighted by Gasteiger charge is -2.42. The van der Waals surface area contributed by atoms with Crippen LogP contribution in [0.5, 0.6) is 0 Å². The van der Waals surface area contributed by atoms with E-state index in [2.05, 4.69) is 57.0 Å². The normalized spacial score (nSPS) is 25.2. The van der Waals surface area contributed by atoms with Gasteiger partial charge in [0.15, 0.2) is 11.7 Å². The van der Waals surface area contributed by atoms with E-state index in [4.69, 9.17) is 9.47 Å². The Labute approximate surface area is 242 Å². The molecule has 6 rings (SSSR count). The summed E-state index contributed by atoms with van der Waals surface area (Å²) in [4.78, 5) is 39.8. The summed E-state index contributed by atoms with van der Waals surface area (Å²) in [6.07, 6.45) is 0. The number of aryl methyl sites for hydroxylation is 2. The fraction of sp³-hybridized carbons (Fsp3) is 0.429. The molecule has 2 atom stereocenters. The Bertz CT molecular complexity index is 1340. The number of nitrogens with one attached hydrogen (secondary N) is 2. The van der Waals surface area contributed by atoms with Crippen molar-refractivity contribution in [1.29, 1.82) is 0 Å². The predicted molar refractivity (Wildman–Crippen MR) is 159 cm³/mol. The van der Waals surface area contributed by atoms with Crippen molar-refractivity contribution >= 4 is 58.5 Å². The lowest BCUT2D eigenvalue weighted by atomic mass is 10.2. The van der Waals surface area contributed by atoms with Crippen molar-refractivity contribution in [2.24, 2.45) is 9.98 Å². The molecule has 0 saturated carbocycles. The number of ether oxygens (including phenoxy) is 2. The van der Waals surface area contributed by atoms with Crippen LogP contribution in [0.4, 0.5) is 11.4 Å². The Morgan fingerprint density at radius 1 is 0.775 bits per heavy atom. The van der Waals surface area contributed by atoms with Gasteiger partial charge in [0.1, 0.15) is 0 Å². The molecule has 10 nitrogen and oxygen atoms in total. The highest BCUT2D eigenvalue weighted by Gasteiger charge is 2.52. The van der Waals surface area contributed by atoms with Gasteiger partial charge in [0.2, 0.25) is 9.87 Å². The predicted octanol–water partition coefficient (Wildman–Crippen LogP) is 2.57. The van der Waals surface area contributed by atoms with Crippen molar-refractivity contribution in [3.63, 3.8) is 0 Å². The second-order valence-corrected chi connectivity index (χ2v) is 13.1. The van der Waals surface area contributed by atoms with Crippen molar-refractivity contribution in [3.8, 4) is 0 Å². The average molecular weight is 581 g/mol. The molecule has 0 aromatic heterocycles. The lowest BCUT2D eigenvalue weighted by Crippen LogP contribution is -2.57. The first kappa shape index (κ1) is 26.8. The second-order valence-electron chi connectivity index (χ2n) is 10.5. The summed E-state index contributed by atoms with van der Waals surface area (Å²) < 4.78 is 12.2. The highest BCUT2D eigenvalue weighted by molar-refractivity contribution is 8.01. The van der Waals surface area contributed by atoms with Gasteiger partial charge in [0.05, 0.1) is 37.6 Å². The fourth-order valence-corrected chi connectivity index (χ4v) is 8.46. The maximum atomic E-state index is 13.6. The van der Waals surface area contributed by atoms with E-state index in [1.807, 2.05) is 37.7 Å².